The van der Waals surface area contributed by atoms with Crippen LogP contribution in [0.4, 0.5) is 14.6 Å². The Hall–Kier alpha value is -3.55. The summed E-state index contributed by atoms with van der Waals surface area (Å²) in [5, 5.41) is 0. The van der Waals surface area contributed by atoms with Crippen LogP contribution in [0.5, 0.6) is 11.6 Å². The van der Waals surface area contributed by atoms with E-state index in [1.807, 2.05) is 40.1 Å². The zero-order valence-corrected chi connectivity index (χ0v) is 16.9. The van der Waals surface area contributed by atoms with Gasteiger partial charge in [-0.15, -0.1) is 0 Å². The van der Waals surface area contributed by atoms with Gasteiger partial charge in [-0.2, -0.15) is 0 Å². The maximum Gasteiger partial charge on any atom is 0.224 e. The van der Waals surface area contributed by atoms with Gasteiger partial charge in [0, 0.05) is 44.7 Å². The lowest BCUT2D eigenvalue weighted by Gasteiger charge is -2.35. The maximum absolute atomic E-state index is 13.8. The number of nitrogens with zero attached hydrogens (tertiary/aromatic N) is 4. The summed E-state index contributed by atoms with van der Waals surface area (Å²) in [6.07, 6.45) is 2.55. The van der Waals surface area contributed by atoms with Gasteiger partial charge in [0.25, 0.3) is 0 Å². The summed E-state index contributed by atoms with van der Waals surface area (Å²) >= 11 is 0. The summed E-state index contributed by atoms with van der Waals surface area (Å²) in [4.78, 5) is 24.7. The number of benzene rings is 2. The molecule has 1 amide bonds. The number of piperazine rings is 1. The second kappa shape index (κ2) is 9.51. The Kier molecular flexibility index (Phi) is 6.35. The number of rotatable bonds is 6. The van der Waals surface area contributed by atoms with Crippen molar-refractivity contribution in [1.29, 1.82) is 0 Å². The van der Waals surface area contributed by atoms with E-state index >= 15 is 0 Å². The van der Waals surface area contributed by atoms with Crippen LogP contribution in [-0.4, -0.2) is 47.0 Å². The van der Waals surface area contributed by atoms with E-state index in [-0.39, 0.29) is 17.5 Å². The Labute approximate surface area is 179 Å². The molecular formula is C23H22F2N4O2. The van der Waals surface area contributed by atoms with E-state index in [2.05, 4.69) is 9.97 Å². The molecule has 6 nitrogen and oxygen atoms in total. The van der Waals surface area contributed by atoms with Crippen molar-refractivity contribution in [3.05, 3.63) is 78.1 Å². The van der Waals surface area contributed by atoms with Crippen molar-refractivity contribution in [2.24, 2.45) is 0 Å². The van der Waals surface area contributed by atoms with Gasteiger partial charge in [0.15, 0.2) is 11.6 Å². The first-order valence-corrected chi connectivity index (χ1v) is 10.1. The number of aryl methyl sites for hydroxylation is 1. The maximum atomic E-state index is 13.8. The molecular weight excluding hydrogens is 402 g/mol. The third-order valence-corrected chi connectivity index (χ3v) is 5.16. The zero-order chi connectivity index (χ0) is 21.6. The van der Waals surface area contributed by atoms with E-state index in [1.54, 1.807) is 6.07 Å². The van der Waals surface area contributed by atoms with E-state index in [1.165, 1.54) is 12.4 Å². The number of carbonyl (C=O) groups is 1. The van der Waals surface area contributed by atoms with Gasteiger partial charge in [0.2, 0.25) is 11.8 Å². The van der Waals surface area contributed by atoms with Crippen LogP contribution in [0.15, 0.2) is 60.9 Å². The summed E-state index contributed by atoms with van der Waals surface area (Å²) in [6, 6.07) is 14.7. The highest BCUT2D eigenvalue weighted by Gasteiger charge is 2.22. The normalized spacial score (nSPS) is 13.9. The van der Waals surface area contributed by atoms with Crippen molar-refractivity contribution in [3.63, 3.8) is 0 Å². The van der Waals surface area contributed by atoms with Gasteiger partial charge in [0.1, 0.15) is 18.0 Å². The van der Waals surface area contributed by atoms with Crippen molar-refractivity contribution in [1.82, 2.24) is 14.9 Å². The number of anilines is 1. The smallest absolute Gasteiger partial charge is 0.224 e. The first-order chi connectivity index (χ1) is 15.1. The number of hydrogen-bond acceptors (Lipinski definition) is 5. The molecule has 3 aromatic rings. The van der Waals surface area contributed by atoms with E-state index in [4.69, 9.17) is 4.74 Å². The fourth-order valence-electron chi connectivity index (χ4n) is 3.47. The van der Waals surface area contributed by atoms with Gasteiger partial charge in [-0.05, 0) is 24.1 Å². The molecule has 0 spiro atoms. The average Bonchev–Trinajstić information content (AvgIpc) is 2.80. The van der Waals surface area contributed by atoms with Crippen LogP contribution in [-0.2, 0) is 11.2 Å². The Morgan fingerprint density at radius 1 is 0.968 bits per heavy atom. The number of hydrogen-bond donors (Lipinski definition) is 0. The molecule has 0 saturated carbocycles. The second-order valence-corrected chi connectivity index (χ2v) is 7.24. The summed E-state index contributed by atoms with van der Waals surface area (Å²) < 4.78 is 32.3. The third-order valence-electron chi connectivity index (χ3n) is 5.16. The molecule has 1 aliphatic rings. The summed E-state index contributed by atoms with van der Waals surface area (Å²) in [7, 11) is 0. The highest BCUT2D eigenvalue weighted by atomic mass is 19.1. The molecule has 0 bridgehead atoms. The zero-order valence-electron chi connectivity index (χ0n) is 16.9. The second-order valence-electron chi connectivity index (χ2n) is 7.24. The first kappa shape index (κ1) is 20.7. The number of ether oxygens (including phenoxy) is 1. The van der Waals surface area contributed by atoms with Crippen LogP contribution in [0.25, 0.3) is 0 Å². The Morgan fingerprint density at radius 3 is 2.48 bits per heavy atom. The molecule has 31 heavy (non-hydrogen) atoms. The van der Waals surface area contributed by atoms with E-state index in [0.717, 1.165) is 24.1 Å². The van der Waals surface area contributed by atoms with Crippen LogP contribution in [0.1, 0.15) is 12.0 Å². The predicted octanol–water partition coefficient (Wildman–Crippen LogP) is 3.83. The average molecular weight is 424 g/mol. The quantitative estimate of drug-likeness (QED) is 0.602. The van der Waals surface area contributed by atoms with Crippen LogP contribution in [0, 0.1) is 11.6 Å². The molecule has 0 radical (unpaired) electrons. The van der Waals surface area contributed by atoms with Crippen LogP contribution < -0.4 is 9.64 Å². The third kappa shape index (κ3) is 5.33. The molecule has 2 aromatic carbocycles. The van der Waals surface area contributed by atoms with Gasteiger partial charge >= 0.3 is 0 Å². The lowest BCUT2D eigenvalue weighted by atomic mass is 10.1. The Bertz CT molecular complexity index is 1040. The molecule has 1 saturated heterocycles. The molecule has 0 aliphatic carbocycles. The minimum atomic E-state index is -0.803. The van der Waals surface area contributed by atoms with E-state index in [0.29, 0.717) is 38.4 Å². The molecule has 4 rings (SSSR count). The molecule has 1 fully saturated rings. The van der Waals surface area contributed by atoms with E-state index in [9.17, 15) is 13.6 Å². The molecule has 160 valence electrons. The summed E-state index contributed by atoms with van der Waals surface area (Å²) in [5.41, 5.74) is 1.15. The Balaban J connectivity index is 1.32. The fourth-order valence-corrected chi connectivity index (χ4v) is 3.47. The number of aromatic nitrogens is 2. The molecule has 1 aromatic heterocycles. The molecule has 0 unspecified atom stereocenters. The van der Waals surface area contributed by atoms with Crippen LogP contribution >= 0.6 is 0 Å². The minimum Gasteiger partial charge on any atom is -0.436 e. The van der Waals surface area contributed by atoms with Crippen molar-refractivity contribution in [2.45, 2.75) is 12.8 Å². The molecule has 8 heteroatoms. The minimum absolute atomic E-state index is 0.111. The highest BCUT2D eigenvalue weighted by molar-refractivity contribution is 5.76. The number of amides is 1. The topological polar surface area (TPSA) is 58.6 Å². The molecule has 0 N–H and O–H groups in total. The van der Waals surface area contributed by atoms with Crippen molar-refractivity contribution in [3.8, 4) is 11.6 Å². The molecule has 1 aliphatic heterocycles. The molecule has 2 heterocycles. The largest absolute Gasteiger partial charge is 0.436 e. The predicted molar refractivity (Wildman–Crippen MR) is 112 cm³/mol. The van der Waals surface area contributed by atoms with Gasteiger partial charge in [-0.1, -0.05) is 30.3 Å². The van der Waals surface area contributed by atoms with Gasteiger partial charge < -0.3 is 14.5 Å². The van der Waals surface area contributed by atoms with Gasteiger partial charge in [-0.3, -0.25) is 4.79 Å². The molecule has 0 atom stereocenters. The number of halogens is 2. The number of carbonyl (C=O) groups excluding carboxylic acids is 1. The SMILES string of the molecule is O=C(CCc1ccccc1)N1CCN(c2cc(Oc3ccc(F)cc3F)ncn2)CC1. The first-order valence-electron chi connectivity index (χ1n) is 10.1. The van der Waals surface area contributed by atoms with E-state index < -0.39 is 11.6 Å². The van der Waals surface area contributed by atoms with Crippen molar-refractivity contribution in [2.75, 3.05) is 31.1 Å². The summed E-state index contributed by atoms with van der Waals surface area (Å²) in [6.45, 7) is 2.44. The monoisotopic (exact) mass is 424 g/mol. The lowest BCUT2D eigenvalue weighted by molar-refractivity contribution is -0.131. The fraction of sp³-hybridized carbons (Fsp3) is 0.261. The Morgan fingerprint density at radius 2 is 1.74 bits per heavy atom. The lowest BCUT2D eigenvalue weighted by Crippen LogP contribution is -2.49. The van der Waals surface area contributed by atoms with Gasteiger partial charge in [-0.25, -0.2) is 18.7 Å². The van der Waals surface area contributed by atoms with Gasteiger partial charge in [0.05, 0.1) is 0 Å². The van der Waals surface area contributed by atoms with Crippen LogP contribution in [0.2, 0.25) is 0 Å². The summed E-state index contributed by atoms with van der Waals surface area (Å²) in [5.74, 6) is -0.658. The standard InChI is InChI=1S/C23H22F2N4O2/c24-18-7-8-20(19(25)14-18)31-22-15-21(26-16-27-22)28-10-12-29(13-11-28)23(30)9-6-17-4-2-1-3-5-17/h1-5,7-8,14-16H,6,9-13H2. The van der Waals surface area contributed by atoms with Crippen molar-refractivity contribution >= 4 is 11.7 Å². The van der Waals surface area contributed by atoms with Crippen LogP contribution in [0.3, 0.4) is 0 Å². The highest BCUT2D eigenvalue weighted by Crippen LogP contribution is 2.25. The van der Waals surface area contributed by atoms with Crippen molar-refractivity contribution < 1.29 is 18.3 Å².